The molecule has 0 saturated heterocycles. The first-order valence-corrected chi connectivity index (χ1v) is 10.0. The highest BCUT2D eigenvalue weighted by Gasteiger charge is 2.21. The van der Waals surface area contributed by atoms with Crippen LogP contribution in [0, 0.1) is 6.92 Å². The van der Waals surface area contributed by atoms with Crippen molar-refractivity contribution in [2.45, 2.75) is 24.3 Å². The van der Waals surface area contributed by atoms with E-state index in [-0.39, 0.29) is 11.2 Å². The van der Waals surface area contributed by atoms with E-state index in [0.29, 0.717) is 21.9 Å². The Labute approximate surface area is 163 Å². The molecule has 1 N–H and O–H groups in total. The van der Waals surface area contributed by atoms with E-state index in [2.05, 4.69) is 20.5 Å². The molecule has 0 unspecified atom stereocenters. The summed E-state index contributed by atoms with van der Waals surface area (Å²) >= 11 is 2.75. The number of hydrogen-bond acceptors (Lipinski definition) is 7. The molecule has 0 saturated carbocycles. The van der Waals surface area contributed by atoms with Crippen molar-refractivity contribution in [2.24, 2.45) is 7.05 Å². The number of anilines is 1. The molecular formula is C18H17N5O2S2. The van der Waals surface area contributed by atoms with Gasteiger partial charge in [0.15, 0.2) is 21.9 Å². The van der Waals surface area contributed by atoms with E-state index in [9.17, 15) is 4.79 Å². The van der Waals surface area contributed by atoms with Crippen molar-refractivity contribution >= 4 is 45.1 Å². The SMILES string of the molecule is Cc1csc(NC(=O)[C@@H](C)Sc2nnc(-c3cc4ccccc4o3)n2C)n1. The zero-order chi connectivity index (χ0) is 19.0. The van der Waals surface area contributed by atoms with Gasteiger partial charge in [0, 0.05) is 17.8 Å². The summed E-state index contributed by atoms with van der Waals surface area (Å²) in [5.74, 6) is 1.15. The first-order valence-electron chi connectivity index (χ1n) is 8.29. The monoisotopic (exact) mass is 399 g/mol. The van der Waals surface area contributed by atoms with Gasteiger partial charge in [-0.15, -0.1) is 21.5 Å². The van der Waals surface area contributed by atoms with Crippen LogP contribution in [-0.2, 0) is 11.8 Å². The maximum atomic E-state index is 12.4. The fourth-order valence-electron chi connectivity index (χ4n) is 2.55. The van der Waals surface area contributed by atoms with Crippen LogP contribution in [0.25, 0.3) is 22.6 Å². The Kier molecular flexibility index (Phi) is 4.71. The number of thioether (sulfide) groups is 1. The van der Waals surface area contributed by atoms with Gasteiger partial charge in [0.1, 0.15) is 5.58 Å². The molecule has 27 heavy (non-hydrogen) atoms. The summed E-state index contributed by atoms with van der Waals surface area (Å²) in [5, 5.41) is 15.1. The third kappa shape index (κ3) is 3.60. The van der Waals surface area contributed by atoms with E-state index < -0.39 is 0 Å². The number of hydrogen-bond donors (Lipinski definition) is 1. The van der Waals surface area contributed by atoms with Gasteiger partial charge in [-0.2, -0.15) is 0 Å². The van der Waals surface area contributed by atoms with Crippen molar-refractivity contribution in [1.29, 1.82) is 0 Å². The lowest BCUT2D eigenvalue weighted by atomic mass is 10.2. The minimum atomic E-state index is -0.347. The molecule has 3 aromatic heterocycles. The number of carbonyl (C=O) groups is 1. The maximum Gasteiger partial charge on any atom is 0.239 e. The van der Waals surface area contributed by atoms with Gasteiger partial charge in [-0.25, -0.2) is 4.98 Å². The van der Waals surface area contributed by atoms with Crippen LogP contribution in [0.15, 0.2) is 45.3 Å². The molecule has 0 fully saturated rings. The van der Waals surface area contributed by atoms with Crippen LogP contribution >= 0.6 is 23.1 Å². The van der Waals surface area contributed by atoms with Crippen LogP contribution in [-0.4, -0.2) is 30.9 Å². The second-order valence-electron chi connectivity index (χ2n) is 6.06. The number of nitrogens with one attached hydrogen (secondary N) is 1. The molecule has 0 spiro atoms. The summed E-state index contributed by atoms with van der Waals surface area (Å²) in [6.07, 6.45) is 0. The normalized spacial score (nSPS) is 12.4. The Morgan fingerprint density at radius 3 is 2.89 bits per heavy atom. The predicted octanol–water partition coefficient (Wildman–Crippen LogP) is 4.11. The number of para-hydroxylation sites is 1. The van der Waals surface area contributed by atoms with Crippen molar-refractivity contribution in [3.63, 3.8) is 0 Å². The minimum Gasteiger partial charge on any atom is -0.453 e. The van der Waals surface area contributed by atoms with Crippen LogP contribution in [0.5, 0.6) is 0 Å². The van der Waals surface area contributed by atoms with Crippen molar-refractivity contribution in [2.75, 3.05) is 5.32 Å². The van der Waals surface area contributed by atoms with Crippen molar-refractivity contribution in [1.82, 2.24) is 19.7 Å². The van der Waals surface area contributed by atoms with Gasteiger partial charge in [0.25, 0.3) is 0 Å². The third-order valence-electron chi connectivity index (χ3n) is 3.98. The molecule has 0 radical (unpaired) electrons. The number of aromatic nitrogens is 4. The van der Waals surface area contributed by atoms with Gasteiger partial charge in [-0.1, -0.05) is 30.0 Å². The van der Waals surface area contributed by atoms with E-state index >= 15 is 0 Å². The van der Waals surface area contributed by atoms with Crippen molar-refractivity contribution < 1.29 is 9.21 Å². The zero-order valence-corrected chi connectivity index (χ0v) is 16.6. The molecule has 3 heterocycles. The summed E-state index contributed by atoms with van der Waals surface area (Å²) in [6.45, 7) is 3.72. The molecule has 9 heteroatoms. The Hall–Kier alpha value is -2.65. The van der Waals surface area contributed by atoms with Crippen LogP contribution in [0.3, 0.4) is 0 Å². The molecule has 4 aromatic rings. The molecule has 0 aliphatic rings. The highest BCUT2D eigenvalue weighted by molar-refractivity contribution is 8.00. The second-order valence-corrected chi connectivity index (χ2v) is 8.22. The molecular weight excluding hydrogens is 382 g/mol. The van der Waals surface area contributed by atoms with Gasteiger partial charge in [-0.3, -0.25) is 4.79 Å². The van der Waals surface area contributed by atoms with Crippen LogP contribution in [0.2, 0.25) is 0 Å². The quantitative estimate of drug-likeness (QED) is 0.508. The molecule has 7 nitrogen and oxygen atoms in total. The van der Waals surface area contributed by atoms with E-state index in [1.54, 1.807) is 0 Å². The molecule has 1 atom stereocenters. The lowest BCUT2D eigenvalue weighted by Crippen LogP contribution is -2.22. The number of fused-ring (bicyclic) bond motifs is 1. The summed E-state index contributed by atoms with van der Waals surface area (Å²) in [6, 6.07) is 9.73. The molecule has 0 aliphatic heterocycles. The number of nitrogens with zero attached hydrogens (tertiary/aromatic N) is 4. The highest BCUT2D eigenvalue weighted by Crippen LogP contribution is 2.30. The summed E-state index contributed by atoms with van der Waals surface area (Å²) < 4.78 is 7.70. The maximum absolute atomic E-state index is 12.4. The summed E-state index contributed by atoms with van der Waals surface area (Å²) in [5.41, 5.74) is 1.69. The summed E-state index contributed by atoms with van der Waals surface area (Å²) in [7, 11) is 1.86. The average Bonchev–Trinajstić information content (AvgIpc) is 3.34. The third-order valence-corrected chi connectivity index (χ3v) is 5.99. The number of aryl methyl sites for hydroxylation is 1. The molecule has 0 aliphatic carbocycles. The number of rotatable bonds is 5. The highest BCUT2D eigenvalue weighted by atomic mass is 32.2. The van der Waals surface area contributed by atoms with E-state index in [1.807, 2.05) is 61.2 Å². The van der Waals surface area contributed by atoms with E-state index in [0.717, 1.165) is 16.7 Å². The van der Waals surface area contributed by atoms with Crippen molar-refractivity contribution in [3.05, 3.63) is 41.4 Å². The number of carbonyl (C=O) groups excluding carboxylic acids is 1. The standard InChI is InChI=1S/C18H17N5O2S2/c1-10-9-26-17(19-10)20-16(24)11(2)27-18-22-21-15(23(18)3)14-8-12-6-4-5-7-13(12)25-14/h4-9,11H,1-3H3,(H,19,20,24)/t11-/m1/s1. The topological polar surface area (TPSA) is 85.8 Å². The number of thiazole rings is 1. The summed E-state index contributed by atoms with van der Waals surface area (Å²) in [4.78, 5) is 16.6. The smallest absolute Gasteiger partial charge is 0.239 e. The van der Waals surface area contributed by atoms with E-state index in [1.165, 1.54) is 23.1 Å². The Bertz CT molecular complexity index is 1080. The minimum absolute atomic E-state index is 0.123. The Balaban J connectivity index is 1.50. The molecule has 1 amide bonds. The molecule has 138 valence electrons. The van der Waals surface area contributed by atoms with E-state index in [4.69, 9.17) is 4.42 Å². The van der Waals surface area contributed by atoms with Gasteiger partial charge in [-0.05, 0) is 26.0 Å². The lowest BCUT2D eigenvalue weighted by molar-refractivity contribution is -0.115. The molecule has 4 rings (SSSR count). The Morgan fingerprint density at radius 1 is 1.33 bits per heavy atom. The first-order chi connectivity index (χ1) is 13.0. The van der Waals surface area contributed by atoms with Crippen LogP contribution in [0.1, 0.15) is 12.6 Å². The number of benzene rings is 1. The zero-order valence-electron chi connectivity index (χ0n) is 15.0. The number of amides is 1. The van der Waals surface area contributed by atoms with Crippen LogP contribution in [0.4, 0.5) is 5.13 Å². The first kappa shape index (κ1) is 17.7. The molecule has 0 bridgehead atoms. The number of furan rings is 1. The Morgan fingerprint density at radius 2 is 2.15 bits per heavy atom. The fraction of sp³-hybridized carbons (Fsp3) is 0.222. The van der Waals surface area contributed by atoms with Gasteiger partial charge in [0.05, 0.1) is 10.9 Å². The van der Waals surface area contributed by atoms with Gasteiger partial charge >= 0.3 is 0 Å². The largest absolute Gasteiger partial charge is 0.453 e. The molecule has 1 aromatic carbocycles. The average molecular weight is 400 g/mol. The lowest BCUT2D eigenvalue weighted by Gasteiger charge is -2.09. The van der Waals surface area contributed by atoms with Crippen molar-refractivity contribution in [3.8, 4) is 11.6 Å². The predicted molar refractivity (Wildman–Crippen MR) is 107 cm³/mol. The second kappa shape index (κ2) is 7.16. The van der Waals surface area contributed by atoms with Gasteiger partial charge in [0.2, 0.25) is 5.91 Å². The van der Waals surface area contributed by atoms with Crippen LogP contribution < -0.4 is 5.32 Å². The fourth-order valence-corrected chi connectivity index (χ4v) is 4.06. The van der Waals surface area contributed by atoms with Gasteiger partial charge < -0.3 is 14.3 Å².